The van der Waals surface area contributed by atoms with Crippen molar-refractivity contribution < 1.29 is 14.9 Å². The first kappa shape index (κ1) is 17.3. The van der Waals surface area contributed by atoms with Gasteiger partial charge in [0.05, 0.1) is 28.2 Å². The zero-order valence-corrected chi connectivity index (χ0v) is 14.9. The Morgan fingerprint density at radius 3 is 2.71 bits per heavy atom. The Balaban J connectivity index is 2.18. The molecule has 1 fully saturated rings. The maximum atomic E-state index is 12.6. The van der Waals surface area contributed by atoms with Gasteiger partial charge < -0.3 is 20.7 Å². The number of thiazole rings is 1. The van der Waals surface area contributed by atoms with Gasteiger partial charge in [0.15, 0.2) is 5.65 Å². The monoisotopic (exact) mass is 354 g/mol. The number of hydrogen-bond acceptors (Lipinski definition) is 8. The van der Waals surface area contributed by atoms with Crippen LogP contribution >= 0.6 is 11.3 Å². The van der Waals surface area contributed by atoms with Crippen LogP contribution in [0.4, 0.5) is 5.95 Å². The Morgan fingerprint density at radius 2 is 2.12 bits per heavy atom. The highest BCUT2D eigenvalue weighted by molar-refractivity contribution is 7.16. The number of nitrogen functional groups attached to an aromatic ring is 1. The number of aryl methyl sites for hydroxylation is 1. The lowest BCUT2D eigenvalue weighted by atomic mass is 9.86. The van der Waals surface area contributed by atoms with Gasteiger partial charge in [-0.15, -0.1) is 0 Å². The van der Waals surface area contributed by atoms with Crippen LogP contribution in [-0.4, -0.2) is 42.6 Å². The largest absolute Gasteiger partial charge is 0.391 e. The van der Waals surface area contributed by atoms with Crippen molar-refractivity contribution in [3.05, 3.63) is 15.4 Å². The summed E-state index contributed by atoms with van der Waals surface area (Å²) >= 11 is 1.03. The number of nitrogens with two attached hydrogens (primary N) is 1. The molecule has 3 heterocycles. The molecule has 0 aliphatic carbocycles. The van der Waals surface area contributed by atoms with Gasteiger partial charge in [-0.2, -0.15) is 4.98 Å². The van der Waals surface area contributed by atoms with E-state index in [-0.39, 0.29) is 16.7 Å². The van der Waals surface area contributed by atoms with Crippen LogP contribution in [0.1, 0.15) is 39.1 Å². The van der Waals surface area contributed by atoms with E-state index in [0.29, 0.717) is 22.5 Å². The molecule has 0 spiro atoms. The molecular weight excluding hydrogens is 332 g/mol. The van der Waals surface area contributed by atoms with E-state index in [1.165, 1.54) is 4.57 Å². The first-order chi connectivity index (χ1) is 11.1. The molecule has 2 unspecified atom stereocenters. The van der Waals surface area contributed by atoms with E-state index in [2.05, 4.69) is 9.97 Å². The third-order valence-electron chi connectivity index (χ3n) is 4.49. The number of aliphatic hydroxyl groups excluding tert-OH is 1. The molecule has 0 saturated carbocycles. The van der Waals surface area contributed by atoms with Gasteiger partial charge in [0.1, 0.15) is 6.23 Å². The summed E-state index contributed by atoms with van der Waals surface area (Å²) in [6.07, 6.45) is -1.45. The zero-order chi connectivity index (χ0) is 17.8. The maximum absolute atomic E-state index is 12.6. The molecule has 0 amide bonds. The van der Waals surface area contributed by atoms with Crippen molar-refractivity contribution in [1.82, 2.24) is 14.5 Å². The van der Waals surface area contributed by atoms with Crippen LogP contribution in [0.3, 0.4) is 0 Å². The minimum Gasteiger partial charge on any atom is -0.391 e. The molecule has 1 aliphatic rings. The normalized spacial score (nSPS) is 26.2. The number of hydrogen-bond donors (Lipinski definition) is 3. The van der Waals surface area contributed by atoms with Crippen LogP contribution in [0.5, 0.6) is 0 Å². The summed E-state index contributed by atoms with van der Waals surface area (Å²) in [6, 6.07) is 0. The van der Waals surface area contributed by atoms with E-state index < -0.39 is 24.0 Å². The van der Waals surface area contributed by atoms with Crippen LogP contribution in [0.15, 0.2) is 4.79 Å². The van der Waals surface area contributed by atoms with Crippen LogP contribution in [0.25, 0.3) is 10.3 Å². The molecule has 8 nitrogen and oxygen atoms in total. The Kier molecular flexibility index (Phi) is 4.15. The molecule has 2 aromatic heterocycles. The quantitative estimate of drug-likeness (QED) is 0.745. The summed E-state index contributed by atoms with van der Waals surface area (Å²) in [5.74, 6) is -0.291. The van der Waals surface area contributed by atoms with Gasteiger partial charge in [-0.3, -0.25) is 9.36 Å². The van der Waals surface area contributed by atoms with Crippen molar-refractivity contribution in [1.29, 1.82) is 0 Å². The molecule has 132 valence electrons. The average molecular weight is 354 g/mol. The SMILES string of the molecule is Cc1nc(N)nc2c1sc(=O)n2C1O[C@H]([C@H](C)O)CC1C(C)(C)O. The van der Waals surface area contributed by atoms with Crippen LogP contribution in [-0.2, 0) is 4.74 Å². The Morgan fingerprint density at radius 1 is 1.46 bits per heavy atom. The number of fused-ring (bicyclic) bond motifs is 1. The zero-order valence-electron chi connectivity index (χ0n) is 14.1. The minimum absolute atomic E-state index is 0.0800. The molecule has 1 saturated heterocycles. The standard InChI is InChI=1S/C15H22N4O4S/c1-6-10-11(18-13(16)17-6)19(14(21)24-10)12-8(15(3,4)22)5-9(23-12)7(2)20/h7-9,12,20,22H,5H2,1-4H3,(H2,16,17,18)/t7-,8?,9-,12?/m0/s1. The molecule has 24 heavy (non-hydrogen) atoms. The average Bonchev–Trinajstić information content (AvgIpc) is 2.99. The third-order valence-corrected chi connectivity index (χ3v) is 5.55. The molecule has 2 aromatic rings. The lowest BCUT2D eigenvalue weighted by molar-refractivity contribution is -0.0848. The van der Waals surface area contributed by atoms with E-state index in [9.17, 15) is 15.0 Å². The van der Waals surface area contributed by atoms with Crippen LogP contribution < -0.4 is 10.6 Å². The lowest BCUT2D eigenvalue weighted by Gasteiger charge is -2.29. The fraction of sp³-hybridized carbons (Fsp3) is 0.667. The number of ether oxygens (including phenoxy) is 1. The molecule has 0 radical (unpaired) electrons. The summed E-state index contributed by atoms with van der Waals surface area (Å²) < 4.78 is 8.01. The first-order valence-corrected chi connectivity index (χ1v) is 8.62. The molecule has 0 aromatic carbocycles. The second-order valence-corrected chi connectivity index (χ2v) is 7.82. The van der Waals surface area contributed by atoms with E-state index in [0.717, 1.165) is 11.3 Å². The van der Waals surface area contributed by atoms with Crippen molar-refractivity contribution in [2.45, 2.75) is 58.2 Å². The number of rotatable bonds is 3. The van der Waals surface area contributed by atoms with E-state index in [4.69, 9.17) is 10.5 Å². The van der Waals surface area contributed by atoms with Crippen molar-refractivity contribution >= 4 is 27.6 Å². The number of anilines is 1. The summed E-state index contributed by atoms with van der Waals surface area (Å²) in [4.78, 5) is 20.6. The first-order valence-electron chi connectivity index (χ1n) is 7.80. The number of aliphatic hydroxyl groups is 2. The summed E-state index contributed by atoms with van der Waals surface area (Å²) in [6.45, 7) is 6.74. The highest BCUT2D eigenvalue weighted by Gasteiger charge is 2.46. The van der Waals surface area contributed by atoms with Gasteiger partial charge >= 0.3 is 4.87 Å². The van der Waals surface area contributed by atoms with Gasteiger partial charge in [0.25, 0.3) is 0 Å². The van der Waals surface area contributed by atoms with E-state index in [1.54, 1.807) is 27.7 Å². The highest BCUT2D eigenvalue weighted by Crippen LogP contribution is 2.42. The topological polar surface area (TPSA) is 123 Å². The fourth-order valence-corrected chi connectivity index (χ4v) is 4.08. The Hall–Kier alpha value is -1.55. The molecule has 4 N–H and O–H groups in total. The number of nitrogens with zero attached hydrogens (tertiary/aromatic N) is 3. The van der Waals surface area contributed by atoms with E-state index >= 15 is 0 Å². The van der Waals surface area contributed by atoms with Crippen molar-refractivity contribution in [2.75, 3.05) is 5.73 Å². The van der Waals surface area contributed by atoms with Crippen molar-refractivity contribution in [2.24, 2.45) is 5.92 Å². The maximum Gasteiger partial charge on any atom is 0.311 e. The predicted octanol–water partition coefficient (Wildman–Crippen LogP) is 0.799. The van der Waals surface area contributed by atoms with Crippen LogP contribution in [0, 0.1) is 12.8 Å². The molecular formula is C15H22N4O4S. The molecule has 0 bridgehead atoms. The minimum atomic E-state index is -1.09. The molecule has 1 aliphatic heterocycles. The fourth-order valence-electron chi connectivity index (χ4n) is 3.18. The predicted molar refractivity (Wildman–Crippen MR) is 90.8 cm³/mol. The molecule has 9 heteroatoms. The molecule has 3 rings (SSSR count). The Labute approximate surface area is 142 Å². The third kappa shape index (κ3) is 2.81. The van der Waals surface area contributed by atoms with Gasteiger partial charge in [-0.05, 0) is 34.1 Å². The van der Waals surface area contributed by atoms with Gasteiger partial charge in [0, 0.05) is 5.92 Å². The Bertz CT molecular complexity index is 823. The van der Waals surface area contributed by atoms with Gasteiger partial charge in [0.2, 0.25) is 5.95 Å². The van der Waals surface area contributed by atoms with Gasteiger partial charge in [-0.1, -0.05) is 11.3 Å². The number of aromatic nitrogens is 3. The molecule has 4 atom stereocenters. The highest BCUT2D eigenvalue weighted by atomic mass is 32.1. The summed E-state index contributed by atoms with van der Waals surface area (Å²) in [7, 11) is 0. The second kappa shape index (κ2) is 5.76. The van der Waals surface area contributed by atoms with Gasteiger partial charge in [-0.25, -0.2) is 4.98 Å². The lowest BCUT2D eigenvalue weighted by Crippen LogP contribution is -2.37. The summed E-state index contributed by atoms with van der Waals surface area (Å²) in [5, 5.41) is 20.4. The van der Waals surface area contributed by atoms with Crippen molar-refractivity contribution in [3.63, 3.8) is 0 Å². The summed E-state index contributed by atoms with van der Waals surface area (Å²) in [5.41, 5.74) is 5.68. The smallest absolute Gasteiger partial charge is 0.311 e. The van der Waals surface area contributed by atoms with Crippen molar-refractivity contribution in [3.8, 4) is 0 Å². The second-order valence-electron chi connectivity index (χ2n) is 6.86. The van der Waals surface area contributed by atoms with Crippen LogP contribution in [0.2, 0.25) is 0 Å². The van der Waals surface area contributed by atoms with E-state index in [1.807, 2.05) is 0 Å².